The van der Waals surface area contributed by atoms with Crippen LogP contribution in [0.2, 0.25) is 0 Å². The van der Waals surface area contributed by atoms with Crippen molar-refractivity contribution in [3.8, 4) is 10.8 Å². The van der Waals surface area contributed by atoms with Crippen LogP contribution in [0.4, 0.5) is 0 Å². The summed E-state index contributed by atoms with van der Waals surface area (Å²) >= 11 is 1.62. The van der Waals surface area contributed by atoms with Gasteiger partial charge in [0.05, 0.1) is 24.6 Å². The fraction of sp³-hybridized carbons (Fsp3) is 0.579. The molecule has 156 valence electrons. The third-order valence-electron chi connectivity index (χ3n) is 4.58. The number of aliphatic imine (C=N–C) groups is 1. The molecule has 1 aliphatic heterocycles. The lowest BCUT2D eigenvalue weighted by molar-refractivity contribution is -0.00834. The van der Waals surface area contributed by atoms with Crippen LogP contribution in [0.5, 0.6) is 0 Å². The third kappa shape index (κ3) is 6.43. The summed E-state index contributed by atoms with van der Waals surface area (Å²) < 4.78 is 11.0. The van der Waals surface area contributed by atoms with Crippen molar-refractivity contribution in [2.24, 2.45) is 4.99 Å². The summed E-state index contributed by atoms with van der Waals surface area (Å²) in [4.78, 5) is 12.7. The van der Waals surface area contributed by atoms with Crippen LogP contribution in [-0.2, 0) is 11.3 Å². The number of guanidine groups is 1. The van der Waals surface area contributed by atoms with E-state index in [0.717, 1.165) is 55.9 Å². The molecule has 0 saturated carbocycles. The maximum atomic E-state index is 5.57. The van der Waals surface area contributed by atoms with Gasteiger partial charge in [0.25, 0.3) is 0 Å². The number of hydrogen-bond acceptors (Lipinski definition) is 6. The molecule has 9 heteroatoms. The van der Waals surface area contributed by atoms with Gasteiger partial charge in [0.2, 0.25) is 5.89 Å². The molecule has 2 aromatic rings. The highest BCUT2D eigenvalue weighted by atomic mass is 127. The highest BCUT2D eigenvalue weighted by Gasteiger charge is 2.28. The number of oxazole rings is 1. The Kier molecular flexibility index (Phi) is 9.19. The maximum absolute atomic E-state index is 5.57. The first-order valence-corrected chi connectivity index (χ1v) is 10.3. The molecule has 0 amide bonds. The minimum atomic E-state index is 0. The second-order valence-corrected chi connectivity index (χ2v) is 8.03. The predicted octanol–water partition coefficient (Wildman–Crippen LogP) is 3.19. The van der Waals surface area contributed by atoms with Gasteiger partial charge in [0.15, 0.2) is 5.96 Å². The lowest BCUT2D eigenvalue weighted by atomic mass is 10.0. The molecule has 0 aliphatic carbocycles. The number of aromatic nitrogens is 1. The van der Waals surface area contributed by atoms with Crippen LogP contribution in [0.25, 0.3) is 10.8 Å². The van der Waals surface area contributed by atoms with Crippen molar-refractivity contribution in [2.75, 3.05) is 39.4 Å². The van der Waals surface area contributed by atoms with Gasteiger partial charge in [-0.15, -0.1) is 35.3 Å². The number of nitrogens with one attached hydrogen (secondary N) is 2. The summed E-state index contributed by atoms with van der Waals surface area (Å²) in [5, 5.41) is 8.78. The monoisotopic (exact) mass is 519 g/mol. The standard InChI is InChI=1S/C19H29N5O2S.HI/c1-4-20-18(22-14-19(2,3)24-7-9-25-10-8-24)21-12-15-13-26-17(23-15)16-6-5-11-27-16;/h5-6,11,13H,4,7-10,12,14H2,1-3H3,(H2,20,21,22);1H. The van der Waals surface area contributed by atoms with Crippen molar-refractivity contribution < 1.29 is 9.15 Å². The first kappa shape index (κ1) is 23.1. The molecule has 3 heterocycles. The molecule has 0 atom stereocenters. The molecular weight excluding hydrogens is 489 g/mol. The average Bonchev–Trinajstić information content (AvgIpc) is 3.36. The van der Waals surface area contributed by atoms with Crippen molar-refractivity contribution in [1.29, 1.82) is 0 Å². The first-order valence-electron chi connectivity index (χ1n) is 9.42. The van der Waals surface area contributed by atoms with E-state index in [2.05, 4.69) is 46.3 Å². The summed E-state index contributed by atoms with van der Waals surface area (Å²) in [5.41, 5.74) is 0.850. The van der Waals surface area contributed by atoms with E-state index in [9.17, 15) is 0 Å². The van der Waals surface area contributed by atoms with Crippen LogP contribution >= 0.6 is 35.3 Å². The Bertz CT molecular complexity index is 727. The number of nitrogens with zero attached hydrogens (tertiary/aromatic N) is 3. The molecule has 0 unspecified atom stereocenters. The van der Waals surface area contributed by atoms with E-state index in [1.54, 1.807) is 17.6 Å². The van der Waals surface area contributed by atoms with Crippen molar-refractivity contribution in [1.82, 2.24) is 20.5 Å². The maximum Gasteiger partial charge on any atom is 0.236 e. The van der Waals surface area contributed by atoms with Crippen LogP contribution in [0.3, 0.4) is 0 Å². The van der Waals surface area contributed by atoms with Gasteiger partial charge < -0.3 is 19.8 Å². The molecule has 28 heavy (non-hydrogen) atoms. The Balaban J connectivity index is 0.00000280. The van der Waals surface area contributed by atoms with E-state index in [-0.39, 0.29) is 29.5 Å². The van der Waals surface area contributed by atoms with Gasteiger partial charge in [0.1, 0.15) is 12.0 Å². The molecular formula is C19H30IN5O2S. The summed E-state index contributed by atoms with van der Waals surface area (Å²) in [6.45, 7) is 12.2. The SMILES string of the molecule is CCNC(=NCc1coc(-c2cccs2)n1)NCC(C)(C)N1CCOCC1.I. The Hall–Kier alpha value is -1.17. The number of halogens is 1. The second kappa shape index (κ2) is 11.1. The van der Waals surface area contributed by atoms with Gasteiger partial charge >= 0.3 is 0 Å². The summed E-state index contributed by atoms with van der Waals surface area (Å²) in [6, 6.07) is 3.99. The van der Waals surface area contributed by atoms with Crippen LogP contribution in [0, 0.1) is 0 Å². The van der Waals surface area contributed by atoms with Crippen LogP contribution in [0.1, 0.15) is 26.5 Å². The van der Waals surface area contributed by atoms with E-state index < -0.39 is 0 Å². The van der Waals surface area contributed by atoms with E-state index in [4.69, 9.17) is 9.15 Å². The second-order valence-electron chi connectivity index (χ2n) is 7.08. The van der Waals surface area contributed by atoms with E-state index in [1.165, 1.54) is 0 Å². The zero-order valence-corrected chi connectivity index (χ0v) is 19.9. The van der Waals surface area contributed by atoms with Crippen LogP contribution < -0.4 is 10.6 Å². The number of thiophene rings is 1. The third-order valence-corrected chi connectivity index (χ3v) is 5.44. The number of rotatable bonds is 7. The van der Waals surface area contributed by atoms with Crippen molar-refractivity contribution in [2.45, 2.75) is 32.9 Å². The topological polar surface area (TPSA) is 74.9 Å². The molecule has 0 aromatic carbocycles. The van der Waals surface area contributed by atoms with Gasteiger partial charge in [-0.05, 0) is 32.2 Å². The molecule has 0 bridgehead atoms. The zero-order valence-electron chi connectivity index (χ0n) is 16.7. The summed E-state index contributed by atoms with van der Waals surface area (Å²) in [7, 11) is 0. The minimum absolute atomic E-state index is 0. The van der Waals surface area contributed by atoms with Crippen molar-refractivity contribution in [3.05, 3.63) is 29.5 Å². The zero-order chi connectivity index (χ0) is 19.1. The average molecular weight is 519 g/mol. The fourth-order valence-corrected chi connectivity index (χ4v) is 3.63. The smallest absolute Gasteiger partial charge is 0.236 e. The Morgan fingerprint density at radius 2 is 2.11 bits per heavy atom. The molecule has 2 N–H and O–H groups in total. The van der Waals surface area contributed by atoms with Gasteiger partial charge in [-0.2, -0.15) is 0 Å². The van der Waals surface area contributed by atoms with E-state index in [0.29, 0.717) is 12.4 Å². The molecule has 1 aliphatic rings. The van der Waals surface area contributed by atoms with Crippen molar-refractivity contribution in [3.63, 3.8) is 0 Å². The fourth-order valence-electron chi connectivity index (χ4n) is 2.98. The largest absolute Gasteiger partial charge is 0.443 e. The molecule has 7 nitrogen and oxygen atoms in total. The molecule has 0 spiro atoms. The van der Waals surface area contributed by atoms with Gasteiger partial charge in [-0.1, -0.05) is 6.07 Å². The molecule has 2 aromatic heterocycles. The first-order chi connectivity index (χ1) is 13.1. The predicted molar refractivity (Wildman–Crippen MR) is 125 cm³/mol. The van der Waals surface area contributed by atoms with Crippen LogP contribution in [-0.4, -0.2) is 60.8 Å². The lowest BCUT2D eigenvalue weighted by Crippen LogP contribution is -2.56. The number of morpholine rings is 1. The molecule has 3 rings (SSSR count). The summed E-state index contributed by atoms with van der Waals surface area (Å²) in [5.74, 6) is 1.45. The lowest BCUT2D eigenvalue weighted by Gasteiger charge is -2.41. The Labute approximate surface area is 188 Å². The van der Waals surface area contributed by atoms with Gasteiger partial charge in [0, 0.05) is 31.7 Å². The molecule has 1 saturated heterocycles. The molecule has 0 radical (unpaired) electrons. The van der Waals surface area contributed by atoms with Gasteiger partial charge in [-0.3, -0.25) is 4.90 Å². The van der Waals surface area contributed by atoms with Gasteiger partial charge in [-0.25, -0.2) is 9.98 Å². The van der Waals surface area contributed by atoms with E-state index in [1.807, 2.05) is 17.5 Å². The Morgan fingerprint density at radius 1 is 1.32 bits per heavy atom. The molecule has 1 fully saturated rings. The highest BCUT2D eigenvalue weighted by Crippen LogP contribution is 2.23. The summed E-state index contributed by atoms with van der Waals surface area (Å²) in [6.07, 6.45) is 1.68. The number of hydrogen-bond donors (Lipinski definition) is 2. The van der Waals surface area contributed by atoms with Crippen LogP contribution in [0.15, 0.2) is 33.2 Å². The van der Waals surface area contributed by atoms with E-state index >= 15 is 0 Å². The normalized spacial score (nSPS) is 15.9. The highest BCUT2D eigenvalue weighted by molar-refractivity contribution is 14.0. The Morgan fingerprint density at radius 3 is 2.79 bits per heavy atom. The number of ether oxygens (including phenoxy) is 1. The quantitative estimate of drug-likeness (QED) is 0.333. The van der Waals surface area contributed by atoms with Crippen molar-refractivity contribution >= 4 is 41.3 Å². The minimum Gasteiger partial charge on any atom is -0.443 e.